The fourth-order valence-electron chi connectivity index (χ4n) is 4.45. The molecule has 0 aliphatic carbocycles. The number of carbonyl (C=O) groups excluding carboxylic acids is 5. The normalized spacial score (nSPS) is 16.6. The molecule has 1 heterocycles. The third-order valence-electron chi connectivity index (χ3n) is 6.59. The van der Waals surface area contributed by atoms with Crippen molar-refractivity contribution in [2.45, 2.75) is 77.6 Å². The summed E-state index contributed by atoms with van der Waals surface area (Å²) in [6.45, 7) is 6.00. The predicted molar refractivity (Wildman–Crippen MR) is 155 cm³/mol. The summed E-state index contributed by atoms with van der Waals surface area (Å²) < 4.78 is 10.1. The molecule has 1 aromatic rings. The van der Waals surface area contributed by atoms with E-state index in [2.05, 4.69) is 21.3 Å². The van der Waals surface area contributed by atoms with Crippen LogP contribution in [-0.4, -0.2) is 72.1 Å². The Morgan fingerprint density at radius 1 is 1.02 bits per heavy atom. The summed E-state index contributed by atoms with van der Waals surface area (Å²) in [6, 6.07) is 5.81. The number of carboxylic acids is 1. The maximum atomic E-state index is 13.4. The molecule has 1 aliphatic heterocycles. The first-order valence-electron chi connectivity index (χ1n) is 14.4. The number of esters is 1. The molecule has 0 spiro atoms. The standard InChI is InChI=1S/C30H42N4O9/c1-4-42-26(37)13-10-22(17-21-14-15-31-27(21)38)32-29(40)24(16-19(2)3)33-28(39)23(11-12-25(35)36)34-30(41)43-18-20-8-6-5-7-9-20/h5-10,13,19,21-24H,4,11-12,14-18H2,1-3H3,(H,31,38)(H,32,40)(H,33,39)(H,34,41)(H,35,36)/t21-,22+,23-,24-/m0/s1. The van der Waals surface area contributed by atoms with Gasteiger partial charge in [-0.25, -0.2) is 9.59 Å². The average Bonchev–Trinajstić information content (AvgIpc) is 3.36. The molecule has 0 unspecified atom stereocenters. The third kappa shape index (κ3) is 13.4. The maximum Gasteiger partial charge on any atom is 0.408 e. The molecule has 1 saturated heterocycles. The molecule has 0 saturated carbocycles. The number of rotatable bonds is 17. The summed E-state index contributed by atoms with van der Waals surface area (Å²) in [5.74, 6) is -3.65. The lowest BCUT2D eigenvalue weighted by atomic mass is 9.96. The summed E-state index contributed by atoms with van der Waals surface area (Å²) >= 11 is 0. The van der Waals surface area contributed by atoms with Gasteiger partial charge in [0.15, 0.2) is 0 Å². The zero-order valence-electron chi connectivity index (χ0n) is 24.8. The van der Waals surface area contributed by atoms with Crippen molar-refractivity contribution in [3.8, 4) is 0 Å². The van der Waals surface area contributed by atoms with Gasteiger partial charge in [-0.3, -0.25) is 19.2 Å². The van der Waals surface area contributed by atoms with Gasteiger partial charge in [0.1, 0.15) is 18.7 Å². The van der Waals surface area contributed by atoms with Gasteiger partial charge in [0.2, 0.25) is 17.7 Å². The fraction of sp³-hybridized carbons (Fsp3) is 0.533. The molecule has 2 rings (SSSR count). The van der Waals surface area contributed by atoms with Crippen molar-refractivity contribution in [2.75, 3.05) is 13.2 Å². The molecule has 236 valence electrons. The van der Waals surface area contributed by atoms with Gasteiger partial charge in [-0.2, -0.15) is 0 Å². The van der Waals surface area contributed by atoms with Gasteiger partial charge in [-0.1, -0.05) is 50.3 Å². The smallest absolute Gasteiger partial charge is 0.408 e. The largest absolute Gasteiger partial charge is 0.481 e. The molecule has 43 heavy (non-hydrogen) atoms. The third-order valence-corrected chi connectivity index (χ3v) is 6.59. The van der Waals surface area contributed by atoms with Crippen LogP contribution in [-0.2, 0) is 40.1 Å². The Labute approximate surface area is 251 Å². The first kappa shape index (κ1) is 34.8. The van der Waals surface area contributed by atoms with Gasteiger partial charge in [0.05, 0.1) is 6.61 Å². The second-order valence-electron chi connectivity index (χ2n) is 10.6. The van der Waals surface area contributed by atoms with E-state index >= 15 is 0 Å². The van der Waals surface area contributed by atoms with Gasteiger partial charge >= 0.3 is 18.0 Å². The Morgan fingerprint density at radius 2 is 1.72 bits per heavy atom. The lowest BCUT2D eigenvalue weighted by molar-refractivity contribution is -0.138. The summed E-state index contributed by atoms with van der Waals surface area (Å²) in [4.78, 5) is 74.5. The van der Waals surface area contributed by atoms with Gasteiger partial charge < -0.3 is 35.8 Å². The van der Waals surface area contributed by atoms with Gasteiger partial charge in [0.25, 0.3) is 0 Å². The van der Waals surface area contributed by atoms with Crippen LogP contribution in [0.4, 0.5) is 4.79 Å². The van der Waals surface area contributed by atoms with E-state index in [0.29, 0.717) is 13.0 Å². The quantitative estimate of drug-likeness (QED) is 0.131. The van der Waals surface area contributed by atoms with Crippen molar-refractivity contribution < 1.29 is 43.3 Å². The molecule has 0 bridgehead atoms. The number of aliphatic carboxylic acids is 1. The minimum atomic E-state index is -1.29. The van der Waals surface area contributed by atoms with E-state index in [9.17, 15) is 28.8 Å². The highest BCUT2D eigenvalue weighted by Gasteiger charge is 2.31. The number of benzene rings is 1. The number of amides is 4. The molecule has 13 heteroatoms. The molecule has 5 N–H and O–H groups in total. The first-order chi connectivity index (χ1) is 20.5. The number of carboxylic acid groups (broad SMARTS) is 1. The van der Waals surface area contributed by atoms with Crippen LogP contribution in [0.2, 0.25) is 0 Å². The number of hydrogen-bond acceptors (Lipinski definition) is 8. The molecule has 4 atom stereocenters. The van der Waals surface area contributed by atoms with E-state index < -0.39 is 54.4 Å². The zero-order chi connectivity index (χ0) is 31.8. The van der Waals surface area contributed by atoms with Crippen LogP contribution in [0.1, 0.15) is 58.4 Å². The molecule has 4 amide bonds. The Kier molecular flexibility index (Phi) is 14.7. The van der Waals surface area contributed by atoms with Crippen molar-refractivity contribution in [3.05, 3.63) is 48.0 Å². The van der Waals surface area contributed by atoms with Crippen LogP contribution in [0, 0.1) is 11.8 Å². The van der Waals surface area contributed by atoms with E-state index in [1.807, 2.05) is 19.9 Å². The van der Waals surface area contributed by atoms with Crippen LogP contribution in [0.25, 0.3) is 0 Å². The second-order valence-corrected chi connectivity index (χ2v) is 10.6. The van der Waals surface area contributed by atoms with Gasteiger partial charge in [0, 0.05) is 31.0 Å². The Hall–Kier alpha value is -4.42. The number of ether oxygens (including phenoxy) is 2. The highest BCUT2D eigenvalue weighted by Crippen LogP contribution is 2.17. The highest BCUT2D eigenvalue weighted by molar-refractivity contribution is 5.92. The van der Waals surface area contributed by atoms with Crippen LogP contribution in [0.3, 0.4) is 0 Å². The lowest BCUT2D eigenvalue weighted by Crippen LogP contribution is -2.55. The lowest BCUT2D eigenvalue weighted by Gasteiger charge is -2.26. The van der Waals surface area contributed by atoms with Crippen molar-refractivity contribution in [1.82, 2.24) is 21.3 Å². The Balaban J connectivity index is 2.14. The van der Waals surface area contributed by atoms with E-state index in [4.69, 9.17) is 14.6 Å². The zero-order valence-corrected chi connectivity index (χ0v) is 24.8. The van der Waals surface area contributed by atoms with Crippen LogP contribution >= 0.6 is 0 Å². The number of nitrogens with one attached hydrogen (secondary N) is 4. The summed E-state index contributed by atoms with van der Waals surface area (Å²) in [7, 11) is 0. The van der Waals surface area contributed by atoms with E-state index in [-0.39, 0.29) is 50.2 Å². The topological polar surface area (TPSA) is 189 Å². The number of alkyl carbamates (subject to hydrolysis) is 1. The van der Waals surface area contributed by atoms with Crippen molar-refractivity contribution in [2.24, 2.45) is 11.8 Å². The van der Waals surface area contributed by atoms with Gasteiger partial charge in [-0.05, 0) is 44.1 Å². The number of carbonyl (C=O) groups is 6. The van der Waals surface area contributed by atoms with E-state index in [1.165, 1.54) is 12.2 Å². The highest BCUT2D eigenvalue weighted by atomic mass is 16.5. The van der Waals surface area contributed by atoms with E-state index in [0.717, 1.165) is 5.56 Å². The molecule has 1 aromatic carbocycles. The maximum absolute atomic E-state index is 13.4. The SMILES string of the molecule is CCOC(=O)C=C[C@H](C[C@@H]1CCNC1=O)NC(=O)[C@H](CC(C)C)NC(=O)[C@H](CCC(=O)O)NC(=O)OCc1ccccc1. The van der Waals surface area contributed by atoms with Gasteiger partial charge in [-0.15, -0.1) is 0 Å². The Bertz CT molecular complexity index is 1140. The molecule has 13 nitrogen and oxygen atoms in total. The average molecular weight is 603 g/mol. The molecule has 1 fully saturated rings. The Morgan fingerprint density at radius 3 is 2.33 bits per heavy atom. The summed E-state index contributed by atoms with van der Waals surface area (Å²) in [5, 5.41) is 19.8. The molecule has 0 radical (unpaired) electrons. The second kappa shape index (κ2) is 18.2. The van der Waals surface area contributed by atoms with E-state index in [1.54, 1.807) is 31.2 Å². The minimum absolute atomic E-state index is 0.0357. The molecule has 1 aliphatic rings. The monoisotopic (exact) mass is 602 g/mol. The molecule has 0 aromatic heterocycles. The minimum Gasteiger partial charge on any atom is -0.481 e. The van der Waals surface area contributed by atoms with Crippen LogP contribution in [0.5, 0.6) is 0 Å². The van der Waals surface area contributed by atoms with Crippen molar-refractivity contribution in [1.29, 1.82) is 0 Å². The van der Waals surface area contributed by atoms with Crippen LogP contribution in [0.15, 0.2) is 42.5 Å². The van der Waals surface area contributed by atoms with Crippen LogP contribution < -0.4 is 21.3 Å². The summed E-state index contributed by atoms with van der Waals surface area (Å²) in [5.41, 5.74) is 0.722. The predicted octanol–water partition coefficient (Wildman–Crippen LogP) is 1.81. The first-order valence-corrected chi connectivity index (χ1v) is 14.4. The fourth-order valence-corrected chi connectivity index (χ4v) is 4.45. The van der Waals surface area contributed by atoms with Crippen molar-refractivity contribution in [3.63, 3.8) is 0 Å². The molecular formula is C30H42N4O9. The number of hydrogen-bond donors (Lipinski definition) is 5. The summed E-state index contributed by atoms with van der Waals surface area (Å²) in [6.07, 6.45) is 2.09. The van der Waals surface area contributed by atoms with Crippen molar-refractivity contribution >= 4 is 35.8 Å². The molecular weight excluding hydrogens is 560 g/mol.